The zero-order chi connectivity index (χ0) is 18.7. The number of nitrogens with zero attached hydrogens (tertiary/aromatic N) is 3. The van der Waals surface area contributed by atoms with E-state index in [0.29, 0.717) is 5.70 Å². The van der Waals surface area contributed by atoms with Gasteiger partial charge in [0.1, 0.15) is 11.6 Å². The molecule has 2 aromatic rings. The van der Waals surface area contributed by atoms with Crippen molar-refractivity contribution in [2.45, 2.75) is 12.5 Å². The molecule has 3 rings (SSSR count). The van der Waals surface area contributed by atoms with Gasteiger partial charge in [0.2, 0.25) is 0 Å². The van der Waals surface area contributed by atoms with E-state index < -0.39 is 0 Å². The van der Waals surface area contributed by atoms with Crippen LogP contribution in [0.4, 0.5) is 5.69 Å². The Balaban J connectivity index is 1.95. The summed E-state index contributed by atoms with van der Waals surface area (Å²) in [5, 5.41) is 11.5. The number of anilines is 1. The maximum atomic E-state index is 12.8. The number of nitriles is 1. The van der Waals surface area contributed by atoms with Gasteiger partial charge in [-0.15, -0.1) is 0 Å². The second-order valence-electron chi connectivity index (χ2n) is 6.58. The van der Waals surface area contributed by atoms with Gasteiger partial charge in [-0.05, 0) is 17.7 Å². The fraction of sp³-hybridized carbons (Fsp3) is 0.238. The topological polar surface area (TPSA) is 59.4 Å². The predicted octanol–water partition coefficient (Wildman–Crippen LogP) is 3.14. The second kappa shape index (κ2) is 7.42. The molecule has 1 aliphatic rings. The van der Waals surface area contributed by atoms with E-state index >= 15 is 0 Å². The fourth-order valence-corrected chi connectivity index (χ4v) is 3.13. The van der Waals surface area contributed by atoms with Gasteiger partial charge in [0.15, 0.2) is 5.78 Å². The summed E-state index contributed by atoms with van der Waals surface area (Å²) < 4.78 is 0. The number of carbonyl (C=O) groups is 1. The zero-order valence-corrected chi connectivity index (χ0v) is 15.2. The quantitative estimate of drug-likeness (QED) is 0.925. The van der Waals surface area contributed by atoms with E-state index in [4.69, 9.17) is 0 Å². The van der Waals surface area contributed by atoms with Crippen LogP contribution in [0, 0.1) is 11.3 Å². The van der Waals surface area contributed by atoms with Gasteiger partial charge in [-0.3, -0.25) is 4.79 Å². The highest BCUT2D eigenvalue weighted by atomic mass is 16.1. The van der Waals surface area contributed by atoms with Crippen molar-refractivity contribution in [3.05, 3.63) is 71.3 Å². The monoisotopic (exact) mass is 346 g/mol. The maximum absolute atomic E-state index is 12.8. The van der Waals surface area contributed by atoms with Gasteiger partial charge in [-0.2, -0.15) is 5.26 Å². The molecule has 2 aromatic carbocycles. The number of carbonyl (C=O) groups excluding carboxylic acids is 1. The van der Waals surface area contributed by atoms with Crippen molar-refractivity contribution in [1.82, 2.24) is 10.4 Å². The van der Waals surface area contributed by atoms with Crippen LogP contribution in [-0.2, 0) is 4.79 Å². The van der Waals surface area contributed by atoms with Crippen molar-refractivity contribution >= 4 is 17.2 Å². The van der Waals surface area contributed by atoms with Gasteiger partial charge in [0.05, 0.1) is 11.7 Å². The second-order valence-corrected chi connectivity index (χ2v) is 6.58. The molecule has 0 saturated carbocycles. The van der Waals surface area contributed by atoms with Crippen LogP contribution in [0.15, 0.2) is 60.2 Å². The Hall–Kier alpha value is -3.10. The van der Waals surface area contributed by atoms with Gasteiger partial charge >= 0.3 is 0 Å². The van der Waals surface area contributed by atoms with Crippen molar-refractivity contribution in [3.63, 3.8) is 0 Å². The van der Waals surface area contributed by atoms with Crippen molar-refractivity contribution < 1.29 is 4.79 Å². The first kappa shape index (κ1) is 17.7. The van der Waals surface area contributed by atoms with E-state index in [0.717, 1.165) is 16.8 Å². The average Bonchev–Trinajstić information content (AvgIpc) is 2.78. The minimum absolute atomic E-state index is 0.148. The first-order valence-corrected chi connectivity index (χ1v) is 8.51. The summed E-state index contributed by atoms with van der Waals surface area (Å²) in [4.78, 5) is 14.8. The third kappa shape index (κ3) is 3.46. The molecule has 0 radical (unpaired) electrons. The average molecular weight is 346 g/mol. The van der Waals surface area contributed by atoms with E-state index in [-0.39, 0.29) is 23.8 Å². The summed E-state index contributed by atoms with van der Waals surface area (Å²) in [6.45, 7) is 0. The molecule has 1 aliphatic heterocycles. The number of benzene rings is 2. The molecule has 0 saturated heterocycles. The number of hydrogen-bond acceptors (Lipinski definition) is 5. The minimum Gasteiger partial charge on any atom is -0.378 e. The zero-order valence-electron chi connectivity index (χ0n) is 15.2. The van der Waals surface area contributed by atoms with E-state index in [1.54, 1.807) is 0 Å². The van der Waals surface area contributed by atoms with Crippen LogP contribution in [0.5, 0.6) is 0 Å². The standard InChI is InChI=1S/C21H22N4O/c1-24(2)17-11-9-15(10-12-17)19-13-20(26)18(14-22)21(23-25(19)3)16-7-5-4-6-8-16/h4-12,19,23H,13H2,1-3H3. The lowest BCUT2D eigenvalue weighted by molar-refractivity contribution is -0.116. The Morgan fingerprint density at radius 1 is 1.12 bits per heavy atom. The Morgan fingerprint density at radius 2 is 1.77 bits per heavy atom. The van der Waals surface area contributed by atoms with Gasteiger partial charge in [-0.1, -0.05) is 42.5 Å². The highest BCUT2D eigenvalue weighted by Gasteiger charge is 2.29. The first-order chi connectivity index (χ1) is 12.5. The van der Waals surface area contributed by atoms with Crippen molar-refractivity contribution in [3.8, 4) is 6.07 Å². The lowest BCUT2D eigenvalue weighted by Gasteiger charge is -2.28. The molecule has 0 aliphatic carbocycles. The number of rotatable bonds is 3. The molecule has 0 bridgehead atoms. The largest absolute Gasteiger partial charge is 0.378 e. The molecular weight excluding hydrogens is 324 g/mol. The van der Waals surface area contributed by atoms with Crippen LogP contribution in [0.1, 0.15) is 23.6 Å². The predicted molar refractivity (Wildman–Crippen MR) is 103 cm³/mol. The van der Waals surface area contributed by atoms with Gasteiger partial charge < -0.3 is 10.3 Å². The summed E-state index contributed by atoms with van der Waals surface area (Å²) in [5.74, 6) is -0.148. The molecule has 26 heavy (non-hydrogen) atoms. The van der Waals surface area contributed by atoms with E-state index in [2.05, 4.69) is 11.5 Å². The lowest BCUT2D eigenvalue weighted by atomic mass is 9.97. The SMILES string of the molecule is CN(C)c1ccc(C2CC(=O)C(C#N)=C(c3ccccc3)NN2C)cc1. The molecule has 1 unspecified atom stereocenters. The number of hydrogen-bond donors (Lipinski definition) is 1. The van der Waals surface area contributed by atoms with Gasteiger partial charge in [0, 0.05) is 38.8 Å². The number of allylic oxidation sites excluding steroid dienone is 1. The highest BCUT2D eigenvalue weighted by Crippen LogP contribution is 2.31. The molecule has 5 nitrogen and oxygen atoms in total. The smallest absolute Gasteiger partial charge is 0.177 e. The van der Waals surface area contributed by atoms with Crippen LogP contribution in [0.25, 0.3) is 5.70 Å². The van der Waals surface area contributed by atoms with Crippen molar-refractivity contribution in [1.29, 1.82) is 5.26 Å². The lowest BCUT2D eigenvalue weighted by Crippen LogP contribution is -2.35. The summed E-state index contributed by atoms with van der Waals surface area (Å²) in [6, 6.07) is 19.6. The minimum atomic E-state index is -0.150. The normalized spacial score (nSPS) is 18.1. The van der Waals surface area contributed by atoms with Crippen LogP contribution < -0.4 is 10.3 Å². The molecule has 132 valence electrons. The molecule has 0 aromatic heterocycles. The summed E-state index contributed by atoms with van der Waals surface area (Å²) >= 11 is 0. The van der Waals surface area contributed by atoms with Crippen LogP contribution in [0.3, 0.4) is 0 Å². The molecule has 0 fully saturated rings. The van der Waals surface area contributed by atoms with Crippen LogP contribution in [-0.4, -0.2) is 31.9 Å². The van der Waals surface area contributed by atoms with E-state index in [1.807, 2.05) is 85.6 Å². The van der Waals surface area contributed by atoms with Crippen molar-refractivity contribution in [2.24, 2.45) is 0 Å². The van der Waals surface area contributed by atoms with E-state index in [9.17, 15) is 10.1 Å². The highest BCUT2D eigenvalue weighted by molar-refractivity contribution is 6.06. The number of nitrogens with one attached hydrogen (secondary N) is 1. The van der Waals surface area contributed by atoms with Gasteiger partial charge in [-0.25, -0.2) is 5.01 Å². The Bertz CT molecular complexity index is 863. The third-order valence-corrected chi connectivity index (χ3v) is 4.63. The van der Waals surface area contributed by atoms with Crippen LogP contribution in [0.2, 0.25) is 0 Å². The molecular formula is C21H22N4O. The fourth-order valence-electron chi connectivity index (χ4n) is 3.13. The Morgan fingerprint density at radius 3 is 2.35 bits per heavy atom. The molecule has 0 spiro atoms. The first-order valence-electron chi connectivity index (χ1n) is 8.51. The maximum Gasteiger partial charge on any atom is 0.177 e. The third-order valence-electron chi connectivity index (χ3n) is 4.63. The summed E-state index contributed by atoms with van der Waals surface area (Å²) in [6.07, 6.45) is 0.254. The molecule has 1 atom stereocenters. The molecule has 5 heteroatoms. The number of hydrazine groups is 1. The molecule has 1 N–H and O–H groups in total. The number of Topliss-reactive ketones (excluding diaryl/α,β-unsaturated/α-hetero) is 1. The van der Waals surface area contributed by atoms with Gasteiger partial charge in [0.25, 0.3) is 0 Å². The molecule has 1 heterocycles. The van der Waals surface area contributed by atoms with E-state index in [1.165, 1.54) is 0 Å². The van der Waals surface area contributed by atoms with Crippen LogP contribution >= 0.6 is 0 Å². The number of ketones is 1. The van der Waals surface area contributed by atoms with Crippen molar-refractivity contribution in [2.75, 3.05) is 26.0 Å². The Labute approximate surface area is 154 Å². The summed E-state index contributed by atoms with van der Waals surface area (Å²) in [5.41, 5.74) is 6.97. The summed E-state index contributed by atoms with van der Waals surface area (Å²) in [7, 11) is 5.89. The Kier molecular flexibility index (Phi) is 5.06. The molecule has 0 amide bonds.